The van der Waals surface area contributed by atoms with Crippen molar-refractivity contribution in [2.45, 2.75) is 32.2 Å². The molecule has 1 unspecified atom stereocenters. The number of benzene rings is 1. The lowest BCUT2D eigenvalue weighted by atomic mass is 10.0. The molecule has 1 atom stereocenters. The van der Waals surface area contributed by atoms with Crippen LogP contribution in [0, 0.1) is 10.5 Å². The largest absolute Gasteiger partial charge is 0.383 e. The summed E-state index contributed by atoms with van der Waals surface area (Å²) in [5, 5.41) is 7.10. The molecule has 0 aromatic heterocycles. The molecule has 1 aromatic rings. The van der Waals surface area contributed by atoms with Gasteiger partial charge in [0.2, 0.25) is 0 Å². The van der Waals surface area contributed by atoms with Gasteiger partial charge in [0.05, 0.1) is 0 Å². The summed E-state index contributed by atoms with van der Waals surface area (Å²) in [5.74, 6) is 0. The summed E-state index contributed by atoms with van der Waals surface area (Å²) in [6.45, 7) is 4.39. The first-order valence-electron chi connectivity index (χ1n) is 5.99. The Morgan fingerprint density at radius 3 is 3.00 bits per heavy atom. The van der Waals surface area contributed by atoms with Crippen molar-refractivity contribution in [3.8, 4) is 0 Å². The second-order valence-electron chi connectivity index (χ2n) is 4.49. The summed E-state index contributed by atoms with van der Waals surface area (Å²) in [4.78, 5) is 0. The van der Waals surface area contributed by atoms with Gasteiger partial charge >= 0.3 is 0 Å². The minimum atomic E-state index is 0.646. The first-order valence-corrected chi connectivity index (χ1v) is 7.07. The average molecular weight is 330 g/mol. The maximum atomic E-state index is 3.56. The lowest BCUT2D eigenvalue weighted by Crippen LogP contribution is -2.39. The van der Waals surface area contributed by atoms with Gasteiger partial charge in [-0.05, 0) is 72.7 Å². The van der Waals surface area contributed by atoms with Crippen LogP contribution in [0.2, 0.25) is 0 Å². The van der Waals surface area contributed by atoms with Crippen molar-refractivity contribution in [2.75, 3.05) is 18.4 Å². The number of hydrogen-bond acceptors (Lipinski definition) is 2. The Morgan fingerprint density at radius 1 is 1.44 bits per heavy atom. The molecule has 0 amide bonds. The summed E-state index contributed by atoms with van der Waals surface area (Å²) in [6.07, 6.45) is 4.00. The van der Waals surface area contributed by atoms with E-state index in [1.807, 2.05) is 0 Å². The molecule has 16 heavy (non-hydrogen) atoms. The summed E-state index contributed by atoms with van der Waals surface area (Å²) in [6, 6.07) is 7.20. The van der Waals surface area contributed by atoms with E-state index >= 15 is 0 Å². The van der Waals surface area contributed by atoms with Crippen molar-refractivity contribution in [3.05, 3.63) is 27.3 Å². The Bertz CT molecular complexity index is 346. The molecule has 2 nitrogen and oxygen atoms in total. The number of anilines is 1. The van der Waals surface area contributed by atoms with Gasteiger partial charge in [-0.25, -0.2) is 0 Å². The summed E-state index contributed by atoms with van der Waals surface area (Å²) in [7, 11) is 0. The number of piperidine rings is 1. The molecule has 2 rings (SSSR count). The van der Waals surface area contributed by atoms with E-state index in [9.17, 15) is 0 Å². The third kappa shape index (κ3) is 3.35. The van der Waals surface area contributed by atoms with Crippen LogP contribution in [0.1, 0.15) is 24.8 Å². The van der Waals surface area contributed by atoms with Gasteiger partial charge in [0, 0.05) is 21.8 Å². The Labute approximate surface area is 111 Å². The van der Waals surface area contributed by atoms with E-state index in [4.69, 9.17) is 0 Å². The van der Waals surface area contributed by atoms with Gasteiger partial charge in [-0.2, -0.15) is 0 Å². The van der Waals surface area contributed by atoms with E-state index in [0.717, 1.165) is 6.54 Å². The van der Waals surface area contributed by atoms with E-state index in [0.29, 0.717) is 6.04 Å². The van der Waals surface area contributed by atoms with Crippen molar-refractivity contribution in [2.24, 2.45) is 0 Å². The Morgan fingerprint density at radius 2 is 2.31 bits per heavy atom. The minimum Gasteiger partial charge on any atom is -0.383 e. The fraction of sp³-hybridized carbons (Fsp3) is 0.538. The maximum Gasteiger partial charge on any atom is 0.0371 e. The molecule has 88 valence electrons. The molecule has 1 aliphatic heterocycles. The standard InChI is InChI=1S/C13H19IN2/c1-10-8-11(14)5-6-13(10)16-9-12-4-2-3-7-15-12/h5-6,8,12,15-16H,2-4,7,9H2,1H3. The molecule has 0 saturated carbocycles. The lowest BCUT2D eigenvalue weighted by molar-refractivity contribution is 0.414. The van der Waals surface area contributed by atoms with Crippen molar-refractivity contribution in [3.63, 3.8) is 0 Å². The van der Waals surface area contributed by atoms with E-state index < -0.39 is 0 Å². The predicted molar refractivity (Wildman–Crippen MR) is 78.0 cm³/mol. The zero-order valence-corrected chi connectivity index (χ0v) is 11.9. The van der Waals surface area contributed by atoms with Gasteiger partial charge in [0.1, 0.15) is 0 Å². The zero-order chi connectivity index (χ0) is 11.4. The highest BCUT2D eigenvalue weighted by Gasteiger charge is 2.11. The van der Waals surface area contributed by atoms with Crippen LogP contribution in [0.3, 0.4) is 0 Å². The van der Waals surface area contributed by atoms with Crippen molar-refractivity contribution < 1.29 is 0 Å². The number of halogens is 1. The third-order valence-electron chi connectivity index (χ3n) is 3.14. The lowest BCUT2D eigenvalue weighted by Gasteiger charge is -2.24. The summed E-state index contributed by atoms with van der Waals surface area (Å²) in [5.41, 5.74) is 2.61. The molecule has 1 saturated heterocycles. The molecule has 0 radical (unpaired) electrons. The van der Waals surface area contributed by atoms with Crippen molar-refractivity contribution >= 4 is 28.3 Å². The van der Waals surface area contributed by atoms with Gasteiger partial charge < -0.3 is 10.6 Å². The molecule has 2 N–H and O–H groups in total. The van der Waals surface area contributed by atoms with Crippen LogP contribution >= 0.6 is 22.6 Å². The molecule has 1 aliphatic rings. The summed E-state index contributed by atoms with van der Waals surface area (Å²) >= 11 is 2.35. The summed E-state index contributed by atoms with van der Waals surface area (Å²) < 4.78 is 1.30. The van der Waals surface area contributed by atoms with Crippen LogP contribution in [0.25, 0.3) is 0 Å². The average Bonchev–Trinajstić information content (AvgIpc) is 2.29. The minimum absolute atomic E-state index is 0.646. The zero-order valence-electron chi connectivity index (χ0n) is 9.72. The van der Waals surface area contributed by atoms with E-state index in [1.165, 1.54) is 40.6 Å². The predicted octanol–water partition coefficient (Wildman–Crippen LogP) is 3.15. The van der Waals surface area contributed by atoms with Gasteiger partial charge in [0.25, 0.3) is 0 Å². The number of nitrogens with one attached hydrogen (secondary N) is 2. The highest BCUT2D eigenvalue weighted by atomic mass is 127. The highest BCUT2D eigenvalue weighted by Crippen LogP contribution is 2.18. The number of rotatable bonds is 3. The molecular formula is C13H19IN2. The van der Waals surface area contributed by atoms with E-state index in [-0.39, 0.29) is 0 Å². The Kier molecular flexibility index (Phi) is 4.46. The van der Waals surface area contributed by atoms with Crippen LogP contribution in [0.5, 0.6) is 0 Å². The van der Waals surface area contributed by atoms with Crippen LogP contribution in [-0.4, -0.2) is 19.1 Å². The normalized spacial score (nSPS) is 20.8. The fourth-order valence-electron chi connectivity index (χ4n) is 2.16. The van der Waals surface area contributed by atoms with Gasteiger partial charge in [-0.15, -0.1) is 0 Å². The van der Waals surface area contributed by atoms with Crippen LogP contribution in [-0.2, 0) is 0 Å². The SMILES string of the molecule is Cc1cc(I)ccc1NCC1CCCCN1. The molecule has 1 aromatic carbocycles. The van der Waals surface area contributed by atoms with E-state index in [1.54, 1.807) is 0 Å². The topological polar surface area (TPSA) is 24.1 Å². The first-order chi connectivity index (χ1) is 7.75. The maximum absolute atomic E-state index is 3.56. The molecule has 1 fully saturated rings. The van der Waals surface area contributed by atoms with Gasteiger partial charge in [0.15, 0.2) is 0 Å². The van der Waals surface area contributed by atoms with Gasteiger partial charge in [-0.3, -0.25) is 0 Å². The smallest absolute Gasteiger partial charge is 0.0371 e. The fourth-order valence-corrected chi connectivity index (χ4v) is 2.80. The van der Waals surface area contributed by atoms with Crippen molar-refractivity contribution in [1.82, 2.24) is 5.32 Å². The molecule has 1 heterocycles. The van der Waals surface area contributed by atoms with Crippen LogP contribution in [0.4, 0.5) is 5.69 Å². The molecular weight excluding hydrogens is 311 g/mol. The molecule has 3 heteroatoms. The molecule has 0 spiro atoms. The second-order valence-corrected chi connectivity index (χ2v) is 5.73. The highest BCUT2D eigenvalue weighted by molar-refractivity contribution is 14.1. The molecule has 0 bridgehead atoms. The van der Waals surface area contributed by atoms with Crippen LogP contribution in [0.15, 0.2) is 18.2 Å². The number of aryl methyl sites for hydroxylation is 1. The van der Waals surface area contributed by atoms with Crippen molar-refractivity contribution in [1.29, 1.82) is 0 Å². The van der Waals surface area contributed by atoms with Crippen LogP contribution < -0.4 is 10.6 Å². The third-order valence-corrected chi connectivity index (χ3v) is 3.81. The number of hydrogen-bond donors (Lipinski definition) is 2. The second kappa shape index (κ2) is 5.87. The Balaban J connectivity index is 1.88. The first kappa shape index (κ1) is 12.2. The Hall–Kier alpha value is -0.290. The molecule has 0 aliphatic carbocycles. The quantitative estimate of drug-likeness (QED) is 0.832. The van der Waals surface area contributed by atoms with Gasteiger partial charge in [-0.1, -0.05) is 6.42 Å². The monoisotopic (exact) mass is 330 g/mol. The van der Waals surface area contributed by atoms with E-state index in [2.05, 4.69) is 58.3 Å².